The van der Waals surface area contributed by atoms with Crippen molar-refractivity contribution >= 4 is 22.5 Å². The molecule has 21 heavy (non-hydrogen) atoms. The minimum Gasteiger partial charge on any atom is -0.324 e. The zero-order valence-electron chi connectivity index (χ0n) is 11.9. The van der Waals surface area contributed by atoms with Crippen LogP contribution in [0.15, 0.2) is 54.7 Å². The van der Waals surface area contributed by atoms with E-state index in [0.29, 0.717) is 0 Å². The van der Waals surface area contributed by atoms with Crippen LogP contribution < -0.4 is 5.73 Å². The molecule has 0 fully saturated rings. The summed E-state index contributed by atoms with van der Waals surface area (Å²) in [6.45, 7) is 2.05. The van der Waals surface area contributed by atoms with Crippen molar-refractivity contribution in [3.63, 3.8) is 0 Å². The summed E-state index contributed by atoms with van der Waals surface area (Å²) in [5, 5.41) is 1.92. The second-order valence-electron chi connectivity index (χ2n) is 5.30. The monoisotopic (exact) mass is 296 g/mol. The van der Waals surface area contributed by atoms with Gasteiger partial charge in [-0.3, -0.25) is 4.98 Å². The Morgan fingerprint density at radius 3 is 2.76 bits per heavy atom. The summed E-state index contributed by atoms with van der Waals surface area (Å²) in [4.78, 5) is 4.39. The van der Waals surface area contributed by atoms with Gasteiger partial charge in [-0.05, 0) is 54.3 Å². The van der Waals surface area contributed by atoms with Crippen LogP contribution in [-0.2, 0) is 6.42 Å². The number of pyridine rings is 1. The molecule has 0 saturated carbocycles. The summed E-state index contributed by atoms with van der Waals surface area (Å²) >= 11 is 6.01. The van der Waals surface area contributed by atoms with Crippen molar-refractivity contribution in [2.45, 2.75) is 19.4 Å². The van der Waals surface area contributed by atoms with E-state index in [1.54, 1.807) is 0 Å². The summed E-state index contributed by atoms with van der Waals surface area (Å²) in [5.74, 6) is 0. The fourth-order valence-electron chi connectivity index (χ4n) is 2.74. The predicted molar refractivity (Wildman–Crippen MR) is 88.6 cm³/mol. The number of hydrogen-bond donors (Lipinski definition) is 1. The Morgan fingerprint density at radius 1 is 1.14 bits per heavy atom. The summed E-state index contributed by atoms with van der Waals surface area (Å²) in [6, 6.07) is 16.0. The quantitative estimate of drug-likeness (QED) is 0.776. The van der Waals surface area contributed by atoms with Crippen LogP contribution in [0, 0.1) is 6.92 Å². The largest absolute Gasteiger partial charge is 0.324 e. The number of benzene rings is 2. The molecule has 2 aromatic carbocycles. The zero-order valence-corrected chi connectivity index (χ0v) is 12.6. The smallest absolute Gasteiger partial charge is 0.0704 e. The van der Waals surface area contributed by atoms with Crippen molar-refractivity contribution in [2.75, 3.05) is 0 Å². The molecule has 0 bridgehead atoms. The third-order valence-electron chi connectivity index (χ3n) is 3.81. The highest BCUT2D eigenvalue weighted by atomic mass is 35.5. The molecule has 1 atom stereocenters. The topological polar surface area (TPSA) is 38.9 Å². The average Bonchev–Trinajstić information content (AvgIpc) is 2.47. The van der Waals surface area contributed by atoms with Crippen LogP contribution in [0.5, 0.6) is 0 Å². The number of nitrogens with two attached hydrogens (primary N) is 1. The third kappa shape index (κ3) is 2.92. The van der Waals surface area contributed by atoms with Crippen LogP contribution in [0.25, 0.3) is 10.9 Å². The molecule has 2 nitrogen and oxygen atoms in total. The number of rotatable bonds is 3. The molecule has 2 N–H and O–H groups in total. The molecular formula is C18H17ClN2. The molecule has 0 radical (unpaired) electrons. The third-order valence-corrected chi connectivity index (χ3v) is 4.05. The molecule has 0 aliphatic rings. The molecule has 3 aromatic rings. The molecular weight excluding hydrogens is 280 g/mol. The van der Waals surface area contributed by atoms with Gasteiger partial charge in [0.2, 0.25) is 0 Å². The van der Waals surface area contributed by atoms with Crippen LogP contribution in [0.2, 0.25) is 5.02 Å². The van der Waals surface area contributed by atoms with Gasteiger partial charge in [0.1, 0.15) is 0 Å². The van der Waals surface area contributed by atoms with Crippen LogP contribution in [-0.4, -0.2) is 4.98 Å². The molecule has 3 rings (SSSR count). The first-order valence-electron chi connectivity index (χ1n) is 6.99. The Balaban J connectivity index is 1.94. The maximum absolute atomic E-state index is 6.41. The lowest BCUT2D eigenvalue weighted by Gasteiger charge is -2.16. The Morgan fingerprint density at radius 2 is 1.95 bits per heavy atom. The molecule has 0 amide bonds. The summed E-state index contributed by atoms with van der Waals surface area (Å²) in [5.41, 5.74) is 10.9. The number of halogens is 1. The van der Waals surface area contributed by atoms with Crippen molar-refractivity contribution in [1.29, 1.82) is 0 Å². The average molecular weight is 297 g/mol. The standard InChI is InChI=1S/C18H17ClN2/c1-12-10-14(19)6-7-15(12)17(20)11-13-8-9-21-18-5-3-2-4-16(13)18/h2-10,17H,11,20H2,1H3. The first-order chi connectivity index (χ1) is 10.1. The lowest BCUT2D eigenvalue weighted by Crippen LogP contribution is -2.15. The van der Waals surface area contributed by atoms with Crippen LogP contribution >= 0.6 is 11.6 Å². The highest BCUT2D eigenvalue weighted by Gasteiger charge is 2.12. The molecule has 1 heterocycles. The Kier molecular flexibility index (Phi) is 3.91. The van der Waals surface area contributed by atoms with Gasteiger partial charge in [0.15, 0.2) is 0 Å². The van der Waals surface area contributed by atoms with E-state index in [2.05, 4.69) is 11.1 Å². The molecule has 0 spiro atoms. The van der Waals surface area contributed by atoms with Gasteiger partial charge in [-0.2, -0.15) is 0 Å². The molecule has 1 unspecified atom stereocenters. The summed E-state index contributed by atoms with van der Waals surface area (Å²) in [6.07, 6.45) is 2.63. The van der Waals surface area contributed by atoms with E-state index in [1.807, 2.05) is 55.6 Å². The molecule has 1 aromatic heterocycles. The van der Waals surface area contributed by atoms with Crippen molar-refractivity contribution in [3.8, 4) is 0 Å². The van der Waals surface area contributed by atoms with Gasteiger partial charge in [0.05, 0.1) is 5.52 Å². The molecule has 0 aliphatic heterocycles. The molecule has 3 heteroatoms. The summed E-state index contributed by atoms with van der Waals surface area (Å²) in [7, 11) is 0. The first kappa shape index (κ1) is 14.1. The highest BCUT2D eigenvalue weighted by Crippen LogP contribution is 2.25. The SMILES string of the molecule is Cc1cc(Cl)ccc1C(N)Cc1ccnc2ccccc12. The van der Waals surface area contributed by atoms with Crippen molar-refractivity contribution < 1.29 is 0 Å². The fraction of sp³-hybridized carbons (Fsp3) is 0.167. The van der Waals surface area contributed by atoms with Crippen LogP contribution in [0.4, 0.5) is 0 Å². The Labute approximate surface area is 129 Å². The van der Waals surface area contributed by atoms with Crippen molar-refractivity contribution in [2.24, 2.45) is 5.73 Å². The van der Waals surface area contributed by atoms with Gasteiger partial charge in [0.25, 0.3) is 0 Å². The van der Waals surface area contributed by atoms with Crippen molar-refractivity contribution in [1.82, 2.24) is 4.98 Å². The van der Waals surface area contributed by atoms with E-state index in [-0.39, 0.29) is 6.04 Å². The lowest BCUT2D eigenvalue weighted by atomic mass is 9.94. The van der Waals surface area contributed by atoms with Gasteiger partial charge >= 0.3 is 0 Å². The van der Waals surface area contributed by atoms with E-state index in [1.165, 1.54) is 10.9 Å². The number of nitrogens with zero attached hydrogens (tertiary/aromatic N) is 1. The van der Waals surface area contributed by atoms with Gasteiger partial charge in [-0.25, -0.2) is 0 Å². The lowest BCUT2D eigenvalue weighted by molar-refractivity contribution is 0.719. The number of aromatic nitrogens is 1. The molecule has 106 valence electrons. The van der Waals surface area contributed by atoms with Crippen LogP contribution in [0.1, 0.15) is 22.7 Å². The molecule has 0 saturated heterocycles. The van der Waals surface area contributed by atoms with E-state index in [9.17, 15) is 0 Å². The zero-order chi connectivity index (χ0) is 14.8. The van der Waals surface area contributed by atoms with E-state index in [4.69, 9.17) is 17.3 Å². The van der Waals surface area contributed by atoms with Crippen molar-refractivity contribution in [3.05, 3.63) is 76.4 Å². The summed E-state index contributed by atoms with van der Waals surface area (Å²) < 4.78 is 0. The predicted octanol–water partition coefficient (Wildman–Crippen LogP) is 4.44. The Bertz CT molecular complexity index is 778. The number of aryl methyl sites for hydroxylation is 1. The number of fused-ring (bicyclic) bond motifs is 1. The number of para-hydroxylation sites is 1. The normalized spacial score (nSPS) is 12.5. The second kappa shape index (κ2) is 5.84. The molecule has 0 aliphatic carbocycles. The fourth-order valence-corrected chi connectivity index (χ4v) is 2.96. The Hall–Kier alpha value is -1.90. The minimum atomic E-state index is -0.0481. The van der Waals surface area contributed by atoms with Crippen LogP contribution in [0.3, 0.4) is 0 Å². The first-order valence-corrected chi connectivity index (χ1v) is 7.37. The highest BCUT2D eigenvalue weighted by molar-refractivity contribution is 6.30. The minimum absolute atomic E-state index is 0.0481. The second-order valence-corrected chi connectivity index (χ2v) is 5.74. The maximum Gasteiger partial charge on any atom is 0.0704 e. The van der Waals surface area contributed by atoms with Gasteiger partial charge < -0.3 is 5.73 Å². The van der Waals surface area contributed by atoms with E-state index in [0.717, 1.165) is 28.1 Å². The van der Waals surface area contributed by atoms with Gasteiger partial charge in [-0.15, -0.1) is 0 Å². The van der Waals surface area contributed by atoms with Gasteiger partial charge in [-0.1, -0.05) is 35.9 Å². The van der Waals surface area contributed by atoms with E-state index < -0.39 is 0 Å². The maximum atomic E-state index is 6.41. The van der Waals surface area contributed by atoms with Gasteiger partial charge in [0, 0.05) is 22.6 Å². The van der Waals surface area contributed by atoms with E-state index >= 15 is 0 Å². The number of hydrogen-bond acceptors (Lipinski definition) is 2.